The van der Waals surface area contributed by atoms with Crippen molar-refractivity contribution in [1.82, 2.24) is 4.98 Å². The molecule has 5 nitrogen and oxygen atoms in total. The Bertz CT molecular complexity index is 597. The fraction of sp³-hybridized carbons (Fsp3) is 0.0769. The molecule has 0 bridgehead atoms. The Morgan fingerprint density at radius 2 is 2.06 bits per heavy atom. The van der Waals surface area contributed by atoms with Crippen LogP contribution >= 0.6 is 0 Å². The minimum absolute atomic E-state index is 0.00523. The van der Waals surface area contributed by atoms with Gasteiger partial charge in [0.25, 0.3) is 0 Å². The molecule has 0 amide bonds. The van der Waals surface area contributed by atoms with E-state index in [0.29, 0.717) is 12.1 Å². The minimum atomic E-state index is -1.09. The van der Waals surface area contributed by atoms with E-state index in [1.807, 2.05) is 24.3 Å². The van der Waals surface area contributed by atoms with Gasteiger partial charge in [-0.2, -0.15) is 0 Å². The number of nitrogens with two attached hydrogens (primary N) is 2. The molecule has 0 saturated heterocycles. The molecule has 0 saturated carbocycles. The van der Waals surface area contributed by atoms with E-state index in [0.717, 1.165) is 11.1 Å². The Morgan fingerprint density at radius 3 is 2.72 bits per heavy atom. The third kappa shape index (κ3) is 2.31. The summed E-state index contributed by atoms with van der Waals surface area (Å²) in [5.74, 6) is -1.07. The SMILES string of the molecule is NCc1cccc(-c2cnc(N)c(C(=O)O)c2)c1. The van der Waals surface area contributed by atoms with Crippen LogP contribution in [0.3, 0.4) is 0 Å². The molecule has 18 heavy (non-hydrogen) atoms. The molecule has 1 aromatic heterocycles. The van der Waals surface area contributed by atoms with Gasteiger partial charge in [0.15, 0.2) is 0 Å². The Morgan fingerprint density at radius 1 is 1.28 bits per heavy atom. The number of benzene rings is 1. The molecule has 0 unspecified atom stereocenters. The molecule has 0 aliphatic carbocycles. The lowest BCUT2D eigenvalue weighted by Crippen LogP contribution is -2.04. The lowest BCUT2D eigenvalue weighted by Gasteiger charge is -2.06. The standard InChI is InChI=1S/C13H13N3O2/c14-6-8-2-1-3-9(4-8)10-5-11(13(17)18)12(15)16-7-10/h1-5,7H,6,14H2,(H2,15,16)(H,17,18). The zero-order chi connectivity index (χ0) is 13.1. The third-order valence-corrected chi connectivity index (χ3v) is 2.64. The quantitative estimate of drug-likeness (QED) is 0.757. The number of pyridine rings is 1. The highest BCUT2D eigenvalue weighted by Gasteiger charge is 2.10. The smallest absolute Gasteiger partial charge is 0.339 e. The van der Waals surface area contributed by atoms with Gasteiger partial charge in [0.1, 0.15) is 11.4 Å². The molecule has 0 atom stereocenters. The van der Waals surface area contributed by atoms with E-state index in [9.17, 15) is 4.79 Å². The first-order chi connectivity index (χ1) is 8.61. The van der Waals surface area contributed by atoms with E-state index in [1.54, 1.807) is 6.20 Å². The number of hydrogen-bond donors (Lipinski definition) is 3. The number of carboxylic acid groups (broad SMARTS) is 1. The van der Waals surface area contributed by atoms with Crippen LogP contribution in [-0.4, -0.2) is 16.1 Å². The van der Waals surface area contributed by atoms with Crippen LogP contribution in [0.1, 0.15) is 15.9 Å². The van der Waals surface area contributed by atoms with Gasteiger partial charge in [-0.1, -0.05) is 18.2 Å². The summed E-state index contributed by atoms with van der Waals surface area (Å²) >= 11 is 0. The van der Waals surface area contributed by atoms with Gasteiger partial charge in [-0.15, -0.1) is 0 Å². The number of nitrogen functional groups attached to an aromatic ring is 1. The first kappa shape index (κ1) is 12.1. The van der Waals surface area contributed by atoms with E-state index in [2.05, 4.69) is 4.98 Å². The Kier molecular flexibility index (Phi) is 3.25. The van der Waals surface area contributed by atoms with E-state index in [-0.39, 0.29) is 11.4 Å². The normalized spacial score (nSPS) is 10.3. The molecule has 5 N–H and O–H groups in total. The van der Waals surface area contributed by atoms with E-state index in [4.69, 9.17) is 16.6 Å². The van der Waals surface area contributed by atoms with Gasteiger partial charge in [0.2, 0.25) is 0 Å². The summed E-state index contributed by atoms with van der Waals surface area (Å²) in [6.07, 6.45) is 1.55. The van der Waals surface area contributed by atoms with E-state index in [1.165, 1.54) is 6.07 Å². The largest absolute Gasteiger partial charge is 0.478 e. The van der Waals surface area contributed by atoms with Gasteiger partial charge in [-0.3, -0.25) is 0 Å². The molecule has 0 radical (unpaired) electrons. The zero-order valence-electron chi connectivity index (χ0n) is 9.63. The van der Waals surface area contributed by atoms with Gasteiger partial charge in [-0.25, -0.2) is 9.78 Å². The summed E-state index contributed by atoms with van der Waals surface area (Å²) in [6, 6.07) is 9.07. The highest BCUT2D eigenvalue weighted by Crippen LogP contribution is 2.22. The molecular formula is C13H13N3O2. The molecule has 92 valence electrons. The van der Waals surface area contributed by atoms with Crippen LogP contribution in [-0.2, 0) is 6.54 Å². The van der Waals surface area contributed by atoms with Crippen molar-refractivity contribution in [1.29, 1.82) is 0 Å². The van der Waals surface area contributed by atoms with Crippen molar-refractivity contribution in [2.24, 2.45) is 5.73 Å². The molecule has 5 heteroatoms. The molecule has 0 aliphatic heterocycles. The number of aromatic carboxylic acids is 1. The van der Waals surface area contributed by atoms with Gasteiger partial charge < -0.3 is 16.6 Å². The zero-order valence-corrected chi connectivity index (χ0v) is 9.63. The summed E-state index contributed by atoms with van der Waals surface area (Å²) in [7, 11) is 0. The van der Waals surface area contributed by atoms with Crippen molar-refractivity contribution >= 4 is 11.8 Å². The second-order valence-corrected chi connectivity index (χ2v) is 3.87. The highest BCUT2D eigenvalue weighted by atomic mass is 16.4. The van der Waals surface area contributed by atoms with Crippen LogP contribution in [0.2, 0.25) is 0 Å². The summed E-state index contributed by atoms with van der Waals surface area (Å²) in [5, 5.41) is 9.00. The number of nitrogens with zero attached hydrogens (tertiary/aromatic N) is 1. The average molecular weight is 243 g/mol. The number of carboxylic acids is 1. The lowest BCUT2D eigenvalue weighted by atomic mass is 10.0. The van der Waals surface area contributed by atoms with Gasteiger partial charge in [0, 0.05) is 18.3 Å². The molecule has 2 aromatic rings. The van der Waals surface area contributed by atoms with Crippen LogP contribution in [0.5, 0.6) is 0 Å². The maximum Gasteiger partial charge on any atom is 0.339 e. The lowest BCUT2D eigenvalue weighted by molar-refractivity contribution is 0.0698. The molecule has 1 heterocycles. The van der Waals surface area contributed by atoms with Gasteiger partial charge in [-0.05, 0) is 23.3 Å². The third-order valence-electron chi connectivity index (χ3n) is 2.64. The summed E-state index contributed by atoms with van der Waals surface area (Å²) in [6.45, 7) is 0.433. The van der Waals surface area contributed by atoms with Crippen molar-refractivity contribution in [3.8, 4) is 11.1 Å². The van der Waals surface area contributed by atoms with Crippen LogP contribution in [0, 0.1) is 0 Å². The van der Waals surface area contributed by atoms with Crippen molar-refractivity contribution < 1.29 is 9.90 Å². The van der Waals surface area contributed by atoms with Crippen molar-refractivity contribution in [2.45, 2.75) is 6.54 Å². The number of carbonyl (C=O) groups is 1. The topological polar surface area (TPSA) is 102 Å². The van der Waals surface area contributed by atoms with Crippen LogP contribution in [0.25, 0.3) is 11.1 Å². The van der Waals surface area contributed by atoms with Crippen molar-refractivity contribution in [2.75, 3.05) is 5.73 Å². The van der Waals surface area contributed by atoms with Gasteiger partial charge in [0.05, 0.1) is 0 Å². The van der Waals surface area contributed by atoms with E-state index >= 15 is 0 Å². The molecule has 2 rings (SSSR count). The number of rotatable bonds is 3. The molecule has 0 aliphatic rings. The summed E-state index contributed by atoms with van der Waals surface area (Å²) < 4.78 is 0. The Hall–Kier alpha value is -2.40. The Labute approximate surface area is 104 Å². The summed E-state index contributed by atoms with van der Waals surface area (Å²) in [5.41, 5.74) is 13.6. The first-order valence-electron chi connectivity index (χ1n) is 5.40. The number of hydrogen-bond acceptors (Lipinski definition) is 4. The van der Waals surface area contributed by atoms with Crippen LogP contribution < -0.4 is 11.5 Å². The minimum Gasteiger partial charge on any atom is -0.478 e. The van der Waals surface area contributed by atoms with Crippen LogP contribution in [0.4, 0.5) is 5.82 Å². The van der Waals surface area contributed by atoms with Gasteiger partial charge >= 0.3 is 5.97 Å². The Balaban J connectivity index is 2.50. The average Bonchev–Trinajstić information content (AvgIpc) is 2.39. The molecule has 0 spiro atoms. The summed E-state index contributed by atoms with van der Waals surface area (Å²) in [4.78, 5) is 14.9. The highest BCUT2D eigenvalue weighted by molar-refractivity contribution is 5.94. The predicted octanol–water partition coefficient (Wildman–Crippen LogP) is 1.49. The first-order valence-corrected chi connectivity index (χ1v) is 5.40. The maximum atomic E-state index is 11.0. The monoisotopic (exact) mass is 243 g/mol. The molecule has 1 aromatic carbocycles. The fourth-order valence-corrected chi connectivity index (χ4v) is 1.68. The van der Waals surface area contributed by atoms with E-state index < -0.39 is 5.97 Å². The molecule has 0 fully saturated rings. The second-order valence-electron chi connectivity index (χ2n) is 3.87. The predicted molar refractivity (Wildman–Crippen MR) is 68.9 cm³/mol. The van der Waals surface area contributed by atoms with Crippen LogP contribution in [0.15, 0.2) is 36.5 Å². The number of aromatic nitrogens is 1. The second kappa shape index (κ2) is 4.85. The number of anilines is 1. The fourth-order valence-electron chi connectivity index (χ4n) is 1.68. The molecular weight excluding hydrogens is 230 g/mol. The van der Waals surface area contributed by atoms with Crippen molar-refractivity contribution in [3.63, 3.8) is 0 Å². The maximum absolute atomic E-state index is 11.0. The van der Waals surface area contributed by atoms with Crippen molar-refractivity contribution in [3.05, 3.63) is 47.7 Å².